The monoisotopic (exact) mass is 598 g/mol. The highest BCUT2D eigenvalue weighted by atomic mass is 16.5. The van der Waals surface area contributed by atoms with Crippen LogP contribution >= 0.6 is 0 Å². The van der Waals surface area contributed by atoms with E-state index in [1.165, 1.54) is 0 Å². The Morgan fingerprint density at radius 1 is 1.09 bits per heavy atom. The average Bonchev–Trinajstić information content (AvgIpc) is 3.75. The topological polar surface area (TPSA) is 165 Å². The van der Waals surface area contributed by atoms with E-state index in [-0.39, 0.29) is 30.0 Å². The molecule has 228 valence electrons. The Morgan fingerprint density at radius 2 is 1.89 bits per heavy atom. The smallest absolute Gasteiger partial charge is 0.280 e. The zero-order valence-corrected chi connectivity index (χ0v) is 25.0. The fraction of sp³-hybridized carbons (Fsp3) is 0.406. The van der Waals surface area contributed by atoms with Crippen LogP contribution in [0.5, 0.6) is 5.75 Å². The van der Waals surface area contributed by atoms with Crippen molar-refractivity contribution in [3.05, 3.63) is 76.6 Å². The van der Waals surface area contributed by atoms with Gasteiger partial charge in [-0.15, -0.1) is 0 Å². The number of benzene rings is 2. The zero-order chi connectivity index (χ0) is 30.9. The molecule has 2 amide bonds. The maximum atomic E-state index is 13.9. The van der Waals surface area contributed by atoms with Crippen LogP contribution in [0, 0.1) is 18.8 Å². The predicted octanol–water partition coefficient (Wildman–Crippen LogP) is 3.38. The first kappa shape index (κ1) is 28.1. The number of ether oxygens (including phenoxy) is 1. The minimum absolute atomic E-state index is 0.154. The fourth-order valence-corrected chi connectivity index (χ4v) is 6.40. The van der Waals surface area contributed by atoms with E-state index in [1.807, 2.05) is 56.3 Å². The van der Waals surface area contributed by atoms with Gasteiger partial charge in [-0.3, -0.25) is 9.59 Å². The lowest BCUT2D eigenvalue weighted by Crippen LogP contribution is -2.52. The second-order valence-electron chi connectivity index (χ2n) is 12.4. The summed E-state index contributed by atoms with van der Waals surface area (Å²) in [5.41, 5.74) is 2.76. The van der Waals surface area contributed by atoms with Gasteiger partial charge in [-0.2, -0.15) is 4.98 Å². The van der Waals surface area contributed by atoms with Crippen molar-refractivity contribution in [1.29, 1.82) is 0 Å². The van der Waals surface area contributed by atoms with E-state index < -0.39 is 41.6 Å². The molecule has 0 saturated carbocycles. The van der Waals surface area contributed by atoms with Gasteiger partial charge < -0.3 is 34.7 Å². The van der Waals surface area contributed by atoms with Crippen LogP contribution in [0.1, 0.15) is 67.9 Å². The summed E-state index contributed by atoms with van der Waals surface area (Å²) in [5, 5.41) is 23.9. The quantitative estimate of drug-likeness (QED) is 0.268. The molecule has 44 heavy (non-hydrogen) atoms. The molecule has 12 heteroatoms. The Labute approximate surface area is 253 Å². The van der Waals surface area contributed by atoms with Crippen molar-refractivity contribution >= 4 is 17.5 Å². The molecule has 3 unspecified atom stereocenters. The molecule has 3 aliphatic rings. The summed E-state index contributed by atoms with van der Waals surface area (Å²) in [7, 11) is 0. The van der Waals surface area contributed by atoms with Crippen molar-refractivity contribution in [1.82, 2.24) is 25.8 Å². The van der Waals surface area contributed by atoms with Crippen molar-refractivity contribution in [3.8, 4) is 17.3 Å². The van der Waals surface area contributed by atoms with Crippen molar-refractivity contribution in [2.24, 2.45) is 11.8 Å². The molecule has 5 atom stereocenters. The number of nitrogens with one attached hydrogen (secondary N) is 3. The number of carbonyl (C=O) groups excluding carboxylic acids is 2. The highest BCUT2D eigenvalue weighted by molar-refractivity contribution is 5.90. The summed E-state index contributed by atoms with van der Waals surface area (Å²) in [6.07, 6.45) is -1.67. The molecule has 4 N–H and O–H groups in total. The molecule has 2 aromatic carbocycles. The summed E-state index contributed by atoms with van der Waals surface area (Å²) >= 11 is 0. The van der Waals surface area contributed by atoms with Gasteiger partial charge in [0.2, 0.25) is 17.7 Å². The van der Waals surface area contributed by atoms with Crippen molar-refractivity contribution in [2.75, 3.05) is 5.32 Å². The Kier molecular flexibility index (Phi) is 6.50. The third-order valence-electron chi connectivity index (χ3n) is 8.68. The summed E-state index contributed by atoms with van der Waals surface area (Å²) in [6, 6.07) is 12.0. The van der Waals surface area contributed by atoms with Crippen LogP contribution in [0.15, 0.2) is 51.4 Å². The van der Waals surface area contributed by atoms with Crippen LogP contribution < -0.4 is 20.7 Å². The van der Waals surface area contributed by atoms with E-state index in [2.05, 4.69) is 26.1 Å². The van der Waals surface area contributed by atoms with Gasteiger partial charge in [-0.05, 0) is 42.0 Å². The normalized spacial score (nSPS) is 24.0. The third kappa shape index (κ3) is 4.19. The number of anilines is 1. The molecule has 1 spiro atoms. The van der Waals surface area contributed by atoms with E-state index in [9.17, 15) is 14.7 Å². The van der Waals surface area contributed by atoms with Crippen molar-refractivity contribution in [3.63, 3.8) is 0 Å². The van der Waals surface area contributed by atoms with Crippen molar-refractivity contribution in [2.45, 2.75) is 70.9 Å². The molecule has 7 rings (SSSR count). The predicted molar refractivity (Wildman–Crippen MR) is 158 cm³/mol. The molecule has 4 bridgehead atoms. The minimum Gasteiger partial charge on any atom is -0.469 e. The first-order chi connectivity index (χ1) is 21.1. The number of hydrogen-bond acceptors (Lipinski definition) is 10. The molecule has 2 aromatic heterocycles. The second kappa shape index (κ2) is 10.2. The Bertz CT molecular complexity index is 1780. The van der Waals surface area contributed by atoms with Gasteiger partial charge in [0.05, 0.1) is 0 Å². The first-order valence-corrected chi connectivity index (χ1v) is 14.8. The molecule has 4 aromatic rings. The fourth-order valence-electron chi connectivity index (χ4n) is 6.40. The van der Waals surface area contributed by atoms with Gasteiger partial charge in [0.1, 0.15) is 29.4 Å². The van der Waals surface area contributed by atoms with Crippen molar-refractivity contribution < 1.29 is 28.4 Å². The van der Waals surface area contributed by atoms with Crippen LogP contribution in [-0.2, 0) is 21.4 Å². The Balaban J connectivity index is 1.48. The van der Waals surface area contributed by atoms with Gasteiger partial charge in [-0.25, -0.2) is 4.98 Å². The number of aliphatic hydroxyl groups is 1. The van der Waals surface area contributed by atoms with Crippen LogP contribution in [0.3, 0.4) is 0 Å². The lowest BCUT2D eigenvalue weighted by molar-refractivity contribution is -0.135. The van der Waals surface area contributed by atoms with E-state index >= 15 is 0 Å². The largest absolute Gasteiger partial charge is 0.469 e. The van der Waals surface area contributed by atoms with Crippen LogP contribution in [0.2, 0.25) is 0 Å². The summed E-state index contributed by atoms with van der Waals surface area (Å²) < 4.78 is 18.9. The lowest BCUT2D eigenvalue weighted by Gasteiger charge is -2.29. The molecule has 5 heterocycles. The standard InChI is InChI=1S/C32H34N6O6/c1-14(2)23-29-37-24(30-33-16(5)38-44-30)26(43-29)32-18-8-6-7-9-20(18)35-31(32)42-22-11-10-17(12-19(22)32)13-21(27(40)36-23)34-28(41)25(39)15(3)4/h6-12,14-15,21,23,25,31,35,39H,13H2,1-5H3,(H,34,41)(H,36,40)/t21-,23-,25?,31?,32?/m0/s1. The number of hydrogen-bond donors (Lipinski definition) is 4. The summed E-state index contributed by atoms with van der Waals surface area (Å²) in [5.74, 6) is 0.456. The number of aliphatic hydroxyl groups excluding tert-OH is 1. The number of amides is 2. The van der Waals surface area contributed by atoms with Crippen LogP contribution in [0.25, 0.3) is 11.6 Å². The molecular weight excluding hydrogens is 564 g/mol. The highest BCUT2D eigenvalue weighted by Crippen LogP contribution is 2.59. The molecular formula is C32H34N6O6. The number of oxazole rings is 1. The van der Waals surface area contributed by atoms with E-state index in [0.717, 1.165) is 22.4 Å². The number of aromatic nitrogens is 3. The van der Waals surface area contributed by atoms with Gasteiger partial charge in [0, 0.05) is 17.7 Å². The number of rotatable bonds is 5. The molecule has 12 nitrogen and oxygen atoms in total. The zero-order valence-electron chi connectivity index (χ0n) is 25.0. The summed E-state index contributed by atoms with van der Waals surface area (Å²) in [4.78, 5) is 36.3. The lowest BCUT2D eigenvalue weighted by atomic mass is 9.72. The Hall–Kier alpha value is -4.71. The molecule has 0 fully saturated rings. The number of nitrogens with zero attached hydrogens (tertiary/aromatic N) is 3. The van der Waals surface area contributed by atoms with E-state index in [1.54, 1.807) is 20.8 Å². The average molecular weight is 599 g/mol. The maximum absolute atomic E-state index is 13.9. The minimum atomic E-state index is -1.27. The molecule has 0 radical (unpaired) electrons. The number of para-hydroxylation sites is 1. The van der Waals surface area contributed by atoms with Crippen LogP contribution in [0.4, 0.5) is 5.69 Å². The number of carbonyl (C=O) groups is 2. The summed E-state index contributed by atoms with van der Waals surface area (Å²) in [6.45, 7) is 9.10. The first-order valence-electron chi connectivity index (χ1n) is 14.8. The number of fused-ring (bicyclic) bond motifs is 4. The van der Waals surface area contributed by atoms with Gasteiger partial charge in [0.25, 0.3) is 5.89 Å². The van der Waals surface area contributed by atoms with Crippen LogP contribution in [-0.4, -0.2) is 50.4 Å². The number of aryl methyl sites for hydroxylation is 1. The van der Waals surface area contributed by atoms with E-state index in [4.69, 9.17) is 18.7 Å². The maximum Gasteiger partial charge on any atom is 0.280 e. The Morgan fingerprint density at radius 3 is 2.61 bits per heavy atom. The van der Waals surface area contributed by atoms with E-state index in [0.29, 0.717) is 23.0 Å². The van der Waals surface area contributed by atoms with Gasteiger partial charge >= 0.3 is 0 Å². The highest BCUT2D eigenvalue weighted by Gasteiger charge is 2.61. The van der Waals surface area contributed by atoms with Gasteiger partial charge in [-0.1, -0.05) is 63.2 Å². The molecule has 0 aliphatic carbocycles. The second-order valence-corrected chi connectivity index (χ2v) is 12.4. The third-order valence-corrected chi connectivity index (χ3v) is 8.68. The van der Waals surface area contributed by atoms with Gasteiger partial charge in [0.15, 0.2) is 23.5 Å². The SMILES string of the molecule is Cc1noc(-c2nc3oc2C24c5ccccc5NC2Oc2ccc(cc24)C[C@H](NC(=O)C(O)C(C)C)C(=O)N[C@H]3C(C)C)n1. The molecule has 0 saturated heterocycles. The molecule has 3 aliphatic heterocycles.